The molecular formula is C39H46N2O4. The van der Waals surface area contributed by atoms with Crippen molar-refractivity contribution >= 4 is 22.5 Å². The quantitative estimate of drug-likeness (QED) is 0.267. The highest BCUT2D eigenvalue weighted by Crippen LogP contribution is 2.66. The van der Waals surface area contributed by atoms with E-state index in [1.54, 1.807) is 7.11 Å². The molecule has 0 heterocycles. The predicted molar refractivity (Wildman–Crippen MR) is 179 cm³/mol. The third kappa shape index (κ3) is 5.07. The van der Waals surface area contributed by atoms with Crippen molar-refractivity contribution < 1.29 is 19.7 Å². The summed E-state index contributed by atoms with van der Waals surface area (Å²) in [6.45, 7) is 5.32. The average Bonchev–Trinajstić information content (AvgIpc) is 3.31. The average molecular weight is 607 g/mol. The molecule has 45 heavy (non-hydrogen) atoms. The molecular weight excluding hydrogens is 560 g/mol. The third-order valence-corrected chi connectivity index (χ3v) is 12.2. The second kappa shape index (κ2) is 11.3. The van der Waals surface area contributed by atoms with Crippen molar-refractivity contribution in [2.75, 3.05) is 19.0 Å². The Morgan fingerprint density at radius 3 is 2.49 bits per heavy atom. The van der Waals surface area contributed by atoms with Gasteiger partial charge in [-0.3, -0.25) is 0 Å². The van der Waals surface area contributed by atoms with E-state index in [0.717, 1.165) is 60.6 Å². The number of allylic oxidation sites excluding steroid dienone is 3. The van der Waals surface area contributed by atoms with Crippen LogP contribution in [0.4, 0.5) is 10.5 Å². The third-order valence-electron chi connectivity index (χ3n) is 12.2. The lowest BCUT2D eigenvalue weighted by Gasteiger charge is -2.56. The van der Waals surface area contributed by atoms with E-state index in [9.17, 15) is 15.0 Å². The first kappa shape index (κ1) is 30.1. The lowest BCUT2D eigenvalue weighted by Crippen LogP contribution is -2.57. The molecule has 0 unspecified atom stereocenters. The van der Waals surface area contributed by atoms with Crippen LogP contribution in [0.3, 0.4) is 0 Å². The van der Waals surface area contributed by atoms with Gasteiger partial charge in [-0.2, -0.15) is 0 Å². The molecule has 7 rings (SSSR count). The van der Waals surface area contributed by atoms with Crippen molar-refractivity contribution in [3.05, 3.63) is 95.6 Å². The number of hydrogen-bond donors (Lipinski definition) is 3. The molecule has 236 valence electrons. The fourth-order valence-electron chi connectivity index (χ4n) is 9.38. The minimum absolute atomic E-state index is 0.0873. The zero-order chi connectivity index (χ0) is 31.4. The minimum atomic E-state index is -1.03. The number of aliphatic hydroxyl groups excluding tert-OH is 1. The molecule has 0 spiro atoms. The van der Waals surface area contributed by atoms with Crippen molar-refractivity contribution in [2.24, 2.45) is 22.7 Å². The minimum Gasteiger partial charge on any atom is -0.497 e. The number of benzene rings is 3. The molecule has 2 amide bonds. The number of nitrogens with zero attached hydrogens (tertiary/aromatic N) is 1. The van der Waals surface area contributed by atoms with Gasteiger partial charge in [-0.1, -0.05) is 79.6 Å². The number of rotatable bonds is 6. The monoisotopic (exact) mass is 606 g/mol. The largest absolute Gasteiger partial charge is 0.497 e. The number of ether oxygens (including phenoxy) is 1. The molecule has 4 aliphatic rings. The summed E-state index contributed by atoms with van der Waals surface area (Å²) in [5.74, 6) is 1.45. The van der Waals surface area contributed by atoms with Gasteiger partial charge in [0.15, 0.2) is 0 Å². The zero-order valence-electron chi connectivity index (χ0n) is 26.8. The summed E-state index contributed by atoms with van der Waals surface area (Å²) >= 11 is 0. The Hall–Kier alpha value is -3.61. The van der Waals surface area contributed by atoms with Crippen LogP contribution in [0.1, 0.15) is 64.4 Å². The van der Waals surface area contributed by atoms with Crippen molar-refractivity contribution in [1.82, 2.24) is 4.90 Å². The van der Waals surface area contributed by atoms with Crippen molar-refractivity contribution in [1.29, 1.82) is 0 Å². The summed E-state index contributed by atoms with van der Waals surface area (Å²) in [7, 11) is 1.63. The molecule has 3 saturated carbocycles. The van der Waals surface area contributed by atoms with Crippen LogP contribution in [0.2, 0.25) is 0 Å². The molecule has 6 nitrogen and oxygen atoms in total. The maximum atomic E-state index is 14.1. The van der Waals surface area contributed by atoms with Crippen molar-refractivity contribution in [2.45, 2.75) is 77.0 Å². The number of aliphatic hydroxyl groups is 2. The van der Waals surface area contributed by atoms with Crippen LogP contribution in [0, 0.1) is 22.7 Å². The first-order valence-electron chi connectivity index (χ1n) is 16.6. The van der Waals surface area contributed by atoms with Gasteiger partial charge in [0.1, 0.15) is 5.75 Å². The van der Waals surface area contributed by atoms with Gasteiger partial charge in [0.05, 0.1) is 25.4 Å². The lowest BCUT2D eigenvalue weighted by molar-refractivity contribution is -0.0966. The number of fused-ring (bicyclic) bond motifs is 6. The molecule has 0 aliphatic heterocycles. The van der Waals surface area contributed by atoms with Gasteiger partial charge < -0.3 is 25.2 Å². The molecule has 3 aromatic rings. The Balaban J connectivity index is 1.20. The van der Waals surface area contributed by atoms with Gasteiger partial charge in [0.25, 0.3) is 0 Å². The number of nitrogens with one attached hydrogen (secondary N) is 1. The second-order valence-corrected chi connectivity index (χ2v) is 14.5. The van der Waals surface area contributed by atoms with Crippen LogP contribution in [-0.2, 0) is 6.54 Å². The van der Waals surface area contributed by atoms with Crippen LogP contribution in [0.5, 0.6) is 5.75 Å². The number of amides is 2. The fraction of sp³-hybridized carbons (Fsp3) is 0.462. The van der Waals surface area contributed by atoms with E-state index in [-0.39, 0.29) is 35.4 Å². The van der Waals surface area contributed by atoms with Crippen LogP contribution in [-0.4, -0.2) is 46.5 Å². The summed E-state index contributed by atoms with van der Waals surface area (Å²) in [6, 6.07) is 21.6. The maximum absolute atomic E-state index is 14.1. The number of hydrogen-bond acceptors (Lipinski definition) is 4. The Kier molecular flexibility index (Phi) is 7.57. The summed E-state index contributed by atoms with van der Waals surface area (Å²) in [5, 5.41) is 28.4. The molecule has 0 radical (unpaired) electrons. The van der Waals surface area contributed by atoms with E-state index in [0.29, 0.717) is 24.6 Å². The van der Waals surface area contributed by atoms with Crippen molar-refractivity contribution in [3.8, 4) is 5.75 Å². The molecule has 4 aliphatic carbocycles. The molecule has 6 heteroatoms. The van der Waals surface area contributed by atoms with E-state index in [1.807, 2.05) is 47.4 Å². The summed E-state index contributed by atoms with van der Waals surface area (Å²) in [5.41, 5.74) is 3.33. The number of methoxy groups -OCH3 is 1. The van der Waals surface area contributed by atoms with Crippen LogP contribution < -0.4 is 10.1 Å². The van der Waals surface area contributed by atoms with Crippen LogP contribution in [0.15, 0.2) is 90.0 Å². The predicted octanol–water partition coefficient (Wildman–Crippen LogP) is 7.86. The number of urea groups is 1. The molecule has 0 saturated heterocycles. The summed E-state index contributed by atoms with van der Waals surface area (Å²) in [4.78, 5) is 15.9. The normalized spacial score (nSPS) is 32.1. The highest BCUT2D eigenvalue weighted by atomic mass is 16.5. The van der Waals surface area contributed by atoms with Crippen LogP contribution in [0.25, 0.3) is 10.8 Å². The van der Waals surface area contributed by atoms with E-state index in [2.05, 4.69) is 55.6 Å². The number of anilines is 1. The van der Waals surface area contributed by atoms with Crippen LogP contribution >= 0.6 is 0 Å². The molecule has 3 fully saturated rings. The van der Waals surface area contributed by atoms with Gasteiger partial charge in [-0.25, -0.2) is 4.79 Å². The summed E-state index contributed by atoms with van der Waals surface area (Å²) < 4.78 is 5.31. The molecule has 6 atom stereocenters. The lowest BCUT2D eigenvalue weighted by atomic mass is 9.50. The highest BCUT2D eigenvalue weighted by Gasteiger charge is 2.62. The van der Waals surface area contributed by atoms with Gasteiger partial charge in [-0.05, 0) is 103 Å². The smallest absolute Gasteiger partial charge is 0.322 e. The molecule has 3 aromatic carbocycles. The van der Waals surface area contributed by atoms with Gasteiger partial charge >= 0.3 is 6.03 Å². The Bertz CT molecular complexity index is 1660. The highest BCUT2D eigenvalue weighted by molar-refractivity contribution is 5.90. The van der Waals surface area contributed by atoms with Gasteiger partial charge in [-0.15, -0.1) is 0 Å². The van der Waals surface area contributed by atoms with Gasteiger partial charge in [0.2, 0.25) is 0 Å². The molecule has 3 N–H and O–H groups in total. The standard InChI is InChI=1S/C39H46N2O4/c1-37-20-17-30(42)23-28(37)11-16-33-34(37)18-21-38(2)35(33)19-22-39(38,44)25-41(36(43)40-29-12-14-31(45-3)15-13-29)24-27-9-6-8-26-7-4-5-10-32(26)27/h4-16,30,34-35,42,44H,17-25H2,1-3H3,(H,40,43)/t30-,34-,35-,37-,38-,39+/m0/s1. The second-order valence-electron chi connectivity index (χ2n) is 14.5. The topological polar surface area (TPSA) is 82.0 Å². The maximum Gasteiger partial charge on any atom is 0.322 e. The van der Waals surface area contributed by atoms with E-state index in [4.69, 9.17) is 4.74 Å². The first-order valence-corrected chi connectivity index (χ1v) is 16.6. The first-order chi connectivity index (χ1) is 21.6. The van der Waals surface area contributed by atoms with Crippen molar-refractivity contribution in [3.63, 3.8) is 0 Å². The fourth-order valence-corrected chi connectivity index (χ4v) is 9.38. The molecule has 0 aromatic heterocycles. The Morgan fingerprint density at radius 2 is 1.69 bits per heavy atom. The Labute approximate surface area is 266 Å². The van der Waals surface area contributed by atoms with E-state index >= 15 is 0 Å². The molecule has 0 bridgehead atoms. The number of carbonyl (C=O) groups is 1. The van der Waals surface area contributed by atoms with E-state index < -0.39 is 5.60 Å². The Morgan fingerprint density at radius 1 is 0.933 bits per heavy atom. The SMILES string of the molecule is COc1ccc(NC(=O)N(Cc2cccc3ccccc23)C[C@]2(O)CC[C@H]3C4=CC=C5C[C@@H](O)CC[C@]5(C)[C@H]4CC[C@@]32C)cc1. The summed E-state index contributed by atoms with van der Waals surface area (Å²) in [6.07, 6.45) is 10.5. The van der Waals surface area contributed by atoms with Gasteiger partial charge in [0, 0.05) is 17.6 Å². The zero-order valence-corrected chi connectivity index (χ0v) is 26.8. The van der Waals surface area contributed by atoms with E-state index in [1.165, 1.54) is 11.1 Å². The number of carbonyl (C=O) groups excluding carboxylic acids is 1.